The van der Waals surface area contributed by atoms with Crippen LogP contribution in [0.15, 0.2) is 24.3 Å². The molecule has 6 nitrogen and oxygen atoms in total. The molecule has 0 bridgehead atoms. The average Bonchev–Trinajstić information content (AvgIpc) is 2.46. The second-order valence-electron chi connectivity index (χ2n) is 4.71. The number of nitrogens with zero attached hydrogens (tertiary/aromatic N) is 2. The Morgan fingerprint density at radius 2 is 1.71 bits per heavy atom. The first-order valence-corrected chi connectivity index (χ1v) is 6.43. The van der Waals surface area contributed by atoms with E-state index in [-0.39, 0.29) is 5.91 Å². The van der Waals surface area contributed by atoms with E-state index in [1.54, 1.807) is 38.4 Å². The fourth-order valence-corrected chi connectivity index (χ4v) is 1.54. The van der Waals surface area contributed by atoms with Crippen molar-refractivity contribution in [2.24, 2.45) is 0 Å². The van der Waals surface area contributed by atoms with Crippen molar-refractivity contribution in [2.75, 3.05) is 14.1 Å². The molecule has 0 N–H and O–H groups in total. The fourth-order valence-electron chi connectivity index (χ4n) is 1.54. The molecule has 0 saturated carbocycles. The van der Waals surface area contributed by atoms with Gasteiger partial charge in [-0.15, -0.1) is 0 Å². The van der Waals surface area contributed by atoms with Gasteiger partial charge in [-0.3, -0.25) is 4.79 Å². The molecular formula is C15H18N2O4. The summed E-state index contributed by atoms with van der Waals surface area (Å²) in [5.74, 6) is -0.471. The Balaban J connectivity index is 2.58. The molecule has 112 valence electrons. The molecule has 1 aromatic rings. The van der Waals surface area contributed by atoms with E-state index >= 15 is 0 Å². The van der Waals surface area contributed by atoms with Crippen molar-refractivity contribution in [1.29, 1.82) is 5.26 Å². The van der Waals surface area contributed by atoms with E-state index in [2.05, 4.69) is 0 Å². The summed E-state index contributed by atoms with van der Waals surface area (Å²) in [6, 6.07) is 8.36. The molecule has 2 atom stereocenters. The quantitative estimate of drug-likeness (QED) is 0.765. The van der Waals surface area contributed by atoms with Crippen LogP contribution >= 0.6 is 0 Å². The number of carbonyl (C=O) groups is 2. The number of hydrogen-bond donors (Lipinski definition) is 0. The number of likely N-dealkylation sites (N-methyl/N-ethyl adjacent to an activating group) is 1. The number of esters is 1. The molecule has 0 unspecified atom stereocenters. The first-order chi connectivity index (χ1) is 9.85. The monoisotopic (exact) mass is 290 g/mol. The fraction of sp³-hybridized carbons (Fsp3) is 0.400. The third-order valence-electron chi connectivity index (χ3n) is 2.71. The Morgan fingerprint density at radius 1 is 1.14 bits per heavy atom. The minimum atomic E-state index is -0.862. The van der Waals surface area contributed by atoms with Gasteiger partial charge in [0.1, 0.15) is 5.75 Å². The highest BCUT2D eigenvalue weighted by atomic mass is 16.6. The first kappa shape index (κ1) is 16.5. The summed E-state index contributed by atoms with van der Waals surface area (Å²) in [5.41, 5.74) is 0.503. The van der Waals surface area contributed by atoms with E-state index in [9.17, 15) is 9.59 Å². The lowest BCUT2D eigenvalue weighted by atomic mass is 10.2. The van der Waals surface area contributed by atoms with Crippen LogP contribution < -0.4 is 4.74 Å². The van der Waals surface area contributed by atoms with E-state index in [0.29, 0.717) is 11.3 Å². The highest BCUT2D eigenvalue weighted by molar-refractivity contribution is 5.84. The molecule has 0 aliphatic rings. The zero-order chi connectivity index (χ0) is 16.0. The number of ether oxygens (including phenoxy) is 2. The Hall–Kier alpha value is -2.55. The lowest BCUT2D eigenvalue weighted by Gasteiger charge is -2.20. The van der Waals surface area contributed by atoms with Crippen LogP contribution in [-0.2, 0) is 14.3 Å². The second-order valence-corrected chi connectivity index (χ2v) is 4.71. The van der Waals surface area contributed by atoms with E-state index in [4.69, 9.17) is 14.7 Å². The normalized spacial score (nSPS) is 12.7. The van der Waals surface area contributed by atoms with Crippen LogP contribution in [0, 0.1) is 11.3 Å². The summed E-state index contributed by atoms with van der Waals surface area (Å²) in [6.07, 6.45) is -1.71. The van der Waals surface area contributed by atoms with Crippen molar-refractivity contribution in [2.45, 2.75) is 26.1 Å². The van der Waals surface area contributed by atoms with Crippen molar-refractivity contribution < 1.29 is 19.1 Å². The van der Waals surface area contributed by atoms with E-state index in [0.717, 1.165) is 0 Å². The Kier molecular flexibility index (Phi) is 5.73. The maximum atomic E-state index is 11.8. The molecule has 0 aromatic heterocycles. The number of benzene rings is 1. The lowest BCUT2D eigenvalue weighted by molar-refractivity contribution is -0.163. The van der Waals surface area contributed by atoms with Gasteiger partial charge < -0.3 is 14.4 Å². The molecule has 1 amide bonds. The number of hydrogen-bond acceptors (Lipinski definition) is 5. The average molecular weight is 290 g/mol. The highest BCUT2D eigenvalue weighted by Gasteiger charge is 2.24. The van der Waals surface area contributed by atoms with Gasteiger partial charge in [0.05, 0.1) is 11.6 Å². The van der Waals surface area contributed by atoms with E-state index in [1.165, 1.54) is 18.7 Å². The van der Waals surface area contributed by atoms with Crippen molar-refractivity contribution in [3.63, 3.8) is 0 Å². The third kappa shape index (κ3) is 4.80. The molecule has 1 rings (SSSR count). The van der Waals surface area contributed by atoms with Gasteiger partial charge in [-0.2, -0.15) is 5.26 Å². The summed E-state index contributed by atoms with van der Waals surface area (Å²) >= 11 is 0. The van der Waals surface area contributed by atoms with Crippen LogP contribution in [0.5, 0.6) is 5.75 Å². The molecule has 0 aliphatic heterocycles. The Morgan fingerprint density at radius 3 is 2.19 bits per heavy atom. The van der Waals surface area contributed by atoms with Gasteiger partial charge in [0, 0.05) is 14.1 Å². The molecule has 0 aliphatic carbocycles. The molecule has 6 heteroatoms. The molecule has 0 saturated heterocycles. The molecule has 0 heterocycles. The minimum absolute atomic E-state index is 0.297. The smallest absolute Gasteiger partial charge is 0.347 e. The number of rotatable bonds is 5. The van der Waals surface area contributed by atoms with Crippen LogP contribution in [0.25, 0.3) is 0 Å². The molecular weight excluding hydrogens is 272 g/mol. The maximum absolute atomic E-state index is 11.8. The van der Waals surface area contributed by atoms with Crippen LogP contribution in [0.4, 0.5) is 0 Å². The van der Waals surface area contributed by atoms with Gasteiger partial charge in [-0.05, 0) is 38.1 Å². The van der Waals surface area contributed by atoms with Crippen LogP contribution in [0.1, 0.15) is 19.4 Å². The number of carbonyl (C=O) groups excluding carboxylic acids is 2. The summed E-state index contributed by atoms with van der Waals surface area (Å²) in [7, 11) is 3.17. The topological polar surface area (TPSA) is 79.6 Å². The van der Waals surface area contributed by atoms with Crippen molar-refractivity contribution in [3.05, 3.63) is 29.8 Å². The first-order valence-electron chi connectivity index (χ1n) is 6.43. The van der Waals surface area contributed by atoms with Gasteiger partial charge in [-0.25, -0.2) is 4.79 Å². The van der Waals surface area contributed by atoms with Gasteiger partial charge >= 0.3 is 5.97 Å². The van der Waals surface area contributed by atoms with Crippen molar-refractivity contribution in [3.8, 4) is 11.8 Å². The van der Waals surface area contributed by atoms with Crippen molar-refractivity contribution >= 4 is 11.9 Å². The van der Waals surface area contributed by atoms with E-state index < -0.39 is 18.2 Å². The maximum Gasteiger partial charge on any atom is 0.347 e. The van der Waals surface area contributed by atoms with Crippen molar-refractivity contribution in [1.82, 2.24) is 4.90 Å². The molecule has 0 spiro atoms. The summed E-state index contributed by atoms with van der Waals surface area (Å²) < 4.78 is 10.5. The van der Waals surface area contributed by atoms with Crippen LogP contribution in [-0.4, -0.2) is 43.1 Å². The SMILES string of the molecule is C[C@H](OC(=O)[C@@H](C)Oc1ccc(C#N)cc1)C(=O)N(C)C. The second kappa shape index (κ2) is 7.29. The predicted molar refractivity (Wildman–Crippen MR) is 75.5 cm³/mol. The highest BCUT2D eigenvalue weighted by Crippen LogP contribution is 2.14. The third-order valence-corrected chi connectivity index (χ3v) is 2.71. The molecule has 0 fully saturated rings. The zero-order valence-electron chi connectivity index (χ0n) is 12.5. The largest absolute Gasteiger partial charge is 0.479 e. The zero-order valence-corrected chi connectivity index (χ0v) is 12.5. The predicted octanol–water partition coefficient (Wildman–Crippen LogP) is 1.35. The van der Waals surface area contributed by atoms with Gasteiger partial charge in [0.25, 0.3) is 5.91 Å². The lowest BCUT2D eigenvalue weighted by Crippen LogP contribution is -2.38. The van der Waals surface area contributed by atoms with Crippen LogP contribution in [0.3, 0.4) is 0 Å². The van der Waals surface area contributed by atoms with E-state index in [1.807, 2.05) is 6.07 Å². The number of amides is 1. The Labute approximate surface area is 123 Å². The number of nitriles is 1. The summed E-state index contributed by atoms with van der Waals surface area (Å²) in [4.78, 5) is 24.8. The standard InChI is InChI=1S/C15H18N2O4/c1-10(14(18)17(3)4)21-15(19)11(2)20-13-7-5-12(9-16)6-8-13/h5-8,10-11H,1-4H3/t10-,11+/m0/s1. The van der Waals surface area contributed by atoms with Gasteiger partial charge in [-0.1, -0.05) is 0 Å². The van der Waals surface area contributed by atoms with Crippen LogP contribution in [0.2, 0.25) is 0 Å². The van der Waals surface area contributed by atoms with Gasteiger partial charge in [0.2, 0.25) is 0 Å². The summed E-state index contributed by atoms with van der Waals surface area (Å²) in [5, 5.41) is 8.69. The van der Waals surface area contributed by atoms with Gasteiger partial charge in [0.15, 0.2) is 12.2 Å². The Bertz CT molecular complexity index is 546. The molecule has 0 radical (unpaired) electrons. The molecule has 1 aromatic carbocycles. The summed E-state index contributed by atoms with van der Waals surface area (Å²) in [6.45, 7) is 3.04. The molecule has 21 heavy (non-hydrogen) atoms. The minimum Gasteiger partial charge on any atom is -0.479 e.